The van der Waals surface area contributed by atoms with Gasteiger partial charge in [0.25, 0.3) is 5.91 Å². The minimum atomic E-state index is -3.57. The Bertz CT molecular complexity index is 1380. The third-order valence-corrected chi connectivity index (χ3v) is 7.94. The molecule has 0 spiro atoms. The van der Waals surface area contributed by atoms with Gasteiger partial charge in [0.15, 0.2) is 0 Å². The summed E-state index contributed by atoms with van der Waals surface area (Å²) >= 11 is 0. The third kappa shape index (κ3) is 5.44. The van der Waals surface area contributed by atoms with Crippen LogP contribution in [0.5, 0.6) is 0 Å². The van der Waals surface area contributed by atoms with Crippen molar-refractivity contribution in [2.45, 2.75) is 13.8 Å². The molecule has 0 unspecified atom stereocenters. The molecule has 9 nitrogen and oxygen atoms in total. The monoisotopic (exact) mass is 520 g/mol. The van der Waals surface area contributed by atoms with E-state index in [9.17, 15) is 14.2 Å². The summed E-state index contributed by atoms with van der Waals surface area (Å²) in [7, 11) is -1.98. The van der Waals surface area contributed by atoms with Crippen LogP contribution in [-0.4, -0.2) is 32.2 Å². The number of fused-ring (bicyclic) bond motifs is 1. The van der Waals surface area contributed by atoms with Gasteiger partial charge in [0.05, 0.1) is 29.8 Å². The number of anilines is 3. The molecule has 0 saturated heterocycles. The number of nitrogens with zero attached hydrogens (tertiary/aromatic N) is 1. The molecule has 1 heterocycles. The molecule has 3 aromatic rings. The summed E-state index contributed by atoms with van der Waals surface area (Å²) < 4.78 is 24.5. The molecule has 1 aliphatic rings. The van der Waals surface area contributed by atoms with Crippen molar-refractivity contribution in [3.8, 4) is 0 Å². The van der Waals surface area contributed by atoms with Gasteiger partial charge < -0.3 is 25.4 Å². The van der Waals surface area contributed by atoms with Crippen LogP contribution in [0, 0.1) is 0 Å². The van der Waals surface area contributed by atoms with Crippen molar-refractivity contribution in [2.24, 2.45) is 5.73 Å². The van der Waals surface area contributed by atoms with Crippen LogP contribution in [-0.2, 0) is 18.4 Å². The predicted octanol–water partition coefficient (Wildman–Crippen LogP) is 5.03. The zero-order valence-corrected chi connectivity index (χ0v) is 21.7. The van der Waals surface area contributed by atoms with Gasteiger partial charge in [-0.15, -0.1) is 0 Å². The van der Waals surface area contributed by atoms with Gasteiger partial charge in [-0.2, -0.15) is 0 Å². The minimum Gasteiger partial charge on any atom is -0.354 e. The zero-order valence-electron chi connectivity index (χ0n) is 20.9. The van der Waals surface area contributed by atoms with Crippen LogP contribution >= 0.6 is 7.60 Å². The fourth-order valence-corrected chi connectivity index (χ4v) is 5.62. The van der Waals surface area contributed by atoms with Crippen LogP contribution in [0.2, 0.25) is 0 Å². The van der Waals surface area contributed by atoms with E-state index >= 15 is 0 Å². The number of amides is 3. The first-order valence-electron chi connectivity index (χ1n) is 11.8. The molecule has 0 radical (unpaired) electrons. The van der Waals surface area contributed by atoms with E-state index in [4.69, 9.17) is 14.8 Å². The molecule has 0 fully saturated rings. The Kier molecular flexibility index (Phi) is 7.78. The fraction of sp³-hybridized carbons (Fsp3) is 0.185. The SMILES string of the molecule is CCOP(=O)(OCC)c1ccc2c(c1)/C(=C(/Nc1ccc(N(C)C(N)=O)cc1)c1ccccc1)C(=O)N2. The standard InChI is InChI=1S/C27H29N4O5P/c1-4-35-37(34,36-5-2)21-15-16-23-22(17-21)24(26(32)30-23)25(18-9-7-6-8-10-18)29-19-11-13-20(14-12-19)31(3)27(28)33/h6-17,29H,4-5H2,1-3H3,(H2,28,33)(H,30,32)/b25-24-. The number of hydrogen-bond acceptors (Lipinski definition) is 6. The summed E-state index contributed by atoms with van der Waals surface area (Å²) in [5.41, 5.74) is 9.60. The molecule has 1 aliphatic heterocycles. The van der Waals surface area contributed by atoms with Crippen molar-refractivity contribution in [3.63, 3.8) is 0 Å². The zero-order chi connectivity index (χ0) is 26.6. The summed E-state index contributed by atoms with van der Waals surface area (Å²) in [6.07, 6.45) is 0. The maximum atomic E-state index is 13.5. The van der Waals surface area contributed by atoms with Crippen molar-refractivity contribution in [1.82, 2.24) is 0 Å². The van der Waals surface area contributed by atoms with Gasteiger partial charge >= 0.3 is 13.6 Å². The summed E-state index contributed by atoms with van der Waals surface area (Å²) in [6.45, 7) is 3.93. The van der Waals surface area contributed by atoms with Gasteiger partial charge in [0.2, 0.25) is 0 Å². The number of hydrogen-bond donors (Lipinski definition) is 3. The van der Waals surface area contributed by atoms with Crippen molar-refractivity contribution in [2.75, 3.05) is 35.8 Å². The molecule has 3 amide bonds. The normalized spacial score (nSPS) is 14.1. The largest absolute Gasteiger partial charge is 0.361 e. The van der Waals surface area contributed by atoms with Crippen LogP contribution in [0.25, 0.3) is 11.3 Å². The maximum Gasteiger partial charge on any atom is 0.361 e. The molecule has 37 heavy (non-hydrogen) atoms. The Hall–Kier alpha value is -3.91. The Morgan fingerprint density at radius 2 is 1.65 bits per heavy atom. The average molecular weight is 521 g/mol. The highest BCUT2D eigenvalue weighted by atomic mass is 31.2. The van der Waals surface area contributed by atoms with Gasteiger partial charge in [-0.25, -0.2) is 4.79 Å². The number of primary amides is 1. The number of carbonyl (C=O) groups is 2. The highest BCUT2D eigenvalue weighted by Crippen LogP contribution is 2.48. The molecule has 192 valence electrons. The van der Waals surface area contributed by atoms with Gasteiger partial charge in [-0.1, -0.05) is 30.3 Å². The van der Waals surface area contributed by atoms with E-state index in [-0.39, 0.29) is 19.1 Å². The summed E-state index contributed by atoms with van der Waals surface area (Å²) in [5, 5.41) is 6.63. The molecule has 0 bridgehead atoms. The number of urea groups is 1. The van der Waals surface area contributed by atoms with Crippen molar-refractivity contribution in [1.29, 1.82) is 0 Å². The van der Waals surface area contributed by atoms with Gasteiger partial charge in [-0.3, -0.25) is 14.3 Å². The summed E-state index contributed by atoms with van der Waals surface area (Å²) in [6, 6.07) is 21.0. The fourth-order valence-electron chi connectivity index (χ4n) is 4.02. The second-order valence-electron chi connectivity index (χ2n) is 8.20. The van der Waals surface area contributed by atoms with Crippen molar-refractivity contribution in [3.05, 3.63) is 83.9 Å². The molecule has 0 aliphatic carbocycles. The molecule has 0 saturated carbocycles. The molecule has 4 N–H and O–H groups in total. The number of nitrogens with two attached hydrogens (primary N) is 1. The molecule has 4 rings (SSSR count). The number of benzene rings is 3. The highest BCUT2D eigenvalue weighted by Gasteiger charge is 2.33. The maximum absolute atomic E-state index is 13.5. The van der Waals surface area contributed by atoms with Crippen LogP contribution in [0.4, 0.5) is 21.9 Å². The lowest BCUT2D eigenvalue weighted by atomic mass is 10.00. The summed E-state index contributed by atoms with van der Waals surface area (Å²) in [5.74, 6) is -0.300. The van der Waals surface area contributed by atoms with E-state index in [0.717, 1.165) is 5.56 Å². The van der Waals surface area contributed by atoms with Crippen LogP contribution < -0.4 is 26.6 Å². The topological polar surface area (TPSA) is 123 Å². The first-order valence-corrected chi connectivity index (χ1v) is 13.4. The van der Waals surface area contributed by atoms with E-state index in [1.54, 1.807) is 63.4 Å². The van der Waals surface area contributed by atoms with E-state index in [2.05, 4.69) is 10.6 Å². The van der Waals surface area contributed by atoms with Gasteiger partial charge in [0, 0.05) is 29.7 Å². The first kappa shape index (κ1) is 26.2. The lowest BCUT2D eigenvalue weighted by molar-refractivity contribution is -0.110. The smallest absolute Gasteiger partial charge is 0.354 e. The predicted molar refractivity (Wildman–Crippen MR) is 147 cm³/mol. The Morgan fingerprint density at radius 1 is 1.00 bits per heavy atom. The molecular formula is C27H29N4O5P. The minimum absolute atomic E-state index is 0.214. The Labute approximate surface area is 215 Å². The Morgan fingerprint density at radius 3 is 2.24 bits per heavy atom. The van der Waals surface area contributed by atoms with Crippen LogP contribution in [0.1, 0.15) is 25.0 Å². The quantitative estimate of drug-likeness (QED) is 0.269. The van der Waals surface area contributed by atoms with Crippen LogP contribution in [0.15, 0.2) is 72.8 Å². The molecule has 0 atom stereocenters. The van der Waals surface area contributed by atoms with E-state index in [1.165, 1.54) is 4.90 Å². The second-order valence-corrected chi connectivity index (χ2v) is 10.2. The number of carbonyl (C=O) groups excluding carboxylic acids is 2. The van der Waals surface area contributed by atoms with E-state index in [0.29, 0.717) is 39.2 Å². The molecule has 3 aromatic carbocycles. The van der Waals surface area contributed by atoms with Gasteiger partial charge in [0.1, 0.15) is 0 Å². The van der Waals surface area contributed by atoms with Crippen molar-refractivity contribution < 1.29 is 23.2 Å². The average Bonchev–Trinajstić information content (AvgIpc) is 3.22. The van der Waals surface area contributed by atoms with E-state index in [1.807, 2.05) is 30.3 Å². The van der Waals surface area contributed by atoms with Crippen LogP contribution in [0.3, 0.4) is 0 Å². The molecule has 0 aromatic heterocycles. The van der Waals surface area contributed by atoms with Crippen molar-refractivity contribution >= 4 is 53.2 Å². The first-order chi connectivity index (χ1) is 17.8. The van der Waals surface area contributed by atoms with Gasteiger partial charge in [-0.05, 0) is 61.9 Å². The highest BCUT2D eigenvalue weighted by molar-refractivity contribution is 7.62. The third-order valence-electron chi connectivity index (χ3n) is 5.83. The second kappa shape index (κ2) is 11.0. The van der Waals surface area contributed by atoms with E-state index < -0.39 is 13.6 Å². The number of nitrogens with one attached hydrogen (secondary N) is 2. The lowest BCUT2D eigenvalue weighted by Crippen LogP contribution is -2.31. The molecular weight excluding hydrogens is 491 g/mol. The lowest BCUT2D eigenvalue weighted by Gasteiger charge is -2.19. The molecule has 10 heteroatoms. The summed E-state index contributed by atoms with van der Waals surface area (Å²) in [4.78, 5) is 26.1. The number of rotatable bonds is 9. The Balaban J connectivity index is 1.83.